The van der Waals surface area contributed by atoms with Gasteiger partial charge in [0.15, 0.2) is 5.82 Å². The molecule has 0 saturated carbocycles. The first kappa shape index (κ1) is 13.9. The van der Waals surface area contributed by atoms with Crippen molar-refractivity contribution in [1.29, 1.82) is 0 Å². The van der Waals surface area contributed by atoms with Gasteiger partial charge < -0.3 is 9.47 Å². The van der Waals surface area contributed by atoms with Crippen LogP contribution in [0.3, 0.4) is 0 Å². The maximum absolute atomic E-state index is 11.6. The van der Waals surface area contributed by atoms with Gasteiger partial charge in [0.1, 0.15) is 12.2 Å². The average molecular weight is 293 g/mol. The number of nitrogens with zero attached hydrogens (tertiary/aromatic N) is 2. The van der Waals surface area contributed by atoms with Gasteiger partial charge in [0.2, 0.25) is 5.13 Å². The fourth-order valence-electron chi connectivity index (χ4n) is 1.29. The maximum Gasteiger partial charge on any atom is 0.418 e. The van der Waals surface area contributed by atoms with Crippen molar-refractivity contribution in [2.75, 3.05) is 12.4 Å². The van der Waals surface area contributed by atoms with E-state index in [2.05, 4.69) is 19.4 Å². The average Bonchev–Trinajstić information content (AvgIpc) is 2.86. The highest BCUT2D eigenvalue weighted by Gasteiger charge is 2.12. The number of carbonyl (C=O) groups is 2. The third kappa shape index (κ3) is 4.02. The number of anilines is 1. The van der Waals surface area contributed by atoms with Crippen molar-refractivity contribution in [3.8, 4) is 5.75 Å². The monoisotopic (exact) mass is 293 g/mol. The van der Waals surface area contributed by atoms with Crippen molar-refractivity contribution in [2.24, 2.45) is 0 Å². The third-order valence-corrected chi connectivity index (χ3v) is 2.83. The van der Waals surface area contributed by atoms with Gasteiger partial charge in [-0.3, -0.25) is 10.1 Å². The van der Waals surface area contributed by atoms with Gasteiger partial charge in [0.05, 0.1) is 7.11 Å². The van der Waals surface area contributed by atoms with Crippen LogP contribution in [-0.2, 0) is 16.0 Å². The molecule has 20 heavy (non-hydrogen) atoms. The number of nitrogens with one attached hydrogen (secondary N) is 1. The van der Waals surface area contributed by atoms with Crippen LogP contribution in [0.25, 0.3) is 0 Å². The summed E-state index contributed by atoms with van der Waals surface area (Å²) >= 11 is 0.960. The lowest BCUT2D eigenvalue weighted by Gasteiger charge is -2.02. The summed E-state index contributed by atoms with van der Waals surface area (Å²) in [6.07, 6.45) is -0.709. The summed E-state index contributed by atoms with van der Waals surface area (Å²) < 4.78 is 13.4. The van der Waals surface area contributed by atoms with Crippen molar-refractivity contribution in [1.82, 2.24) is 9.36 Å². The Balaban J connectivity index is 1.90. The number of ether oxygens (including phenoxy) is 2. The van der Waals surface area contributed by atoms with Crippen LogP contribution in [0.4, 0.5) is 9.93 Å². The van der Waals surface area contributed by atoms with E-state index in [9.17, 15) is 9.59 Å². The zero-order valence-corrected chi connectivity index (χ0v) is 11.3. The summed E-state index contributed by atoms with van der Waals surface area (Å²) in [5, 5.41) is 2.69. The molecular weight excluding hydrogens is 282 g/mol. The molecular formula is C12H11N3O4S. The Morgan fingerprint density at radius 2 is 2.05 bits per heavy atom. The normalized spacial score (nSPS) is 9.85. The summed E-state index contributed by atoms with van der Waals surface area (Å²) in [7, 11) is 1.28. The minimum Gasteiger partial charge on any atom is -0.469 e. The van der Waals surface area contributed by atoms with E-state index < -0.39 is 12.1 Å². The molecule has 0 saturated heterocycles. The maximum atomic E-state index is 11.6. The topological polar surface area (TPSA) is 90.4 Å². The van der Waals surface area contributed by atoms with E-state index in [1.54, 1.807) is 24.3 Å². The number of para-hydroxylation sites is 1. The number of hydrogen-bond acceptors (Lipinski definition) is 7. The number of benzene rings is 1. The second-order valence-corrected chi connectivity index (χ2v) is 4.35. The molecule has 8 heteroatoms. The number of rotatable bonds is 4. The number of esters is 1. The van der Waals surface area contributed by atoms with Crippen molar-refractivity contribution < 1.29 is 19.1 Å². The van der Waals surface area contributed by atoms with Gasteiger partial charge in [-0.05, 0) is 12.1 Å². The first-order valence-corrected chi connectivity index (χ1v) is 6.38. The Morgan fingerprint density at radius 3 is 2.75 bits per heavy atom. The molecule has 0 bridgehead atoms. The molecule has 0 radical (unpaired) electrons. The van der Waals surface area contributed by atoms with Gasteiger partial charge in [0.25, 0.3) is 0 Å². The van der Waals surface area contributed by atoms with E-state index >= 15 is 0 Å². The minimum atomic E-state index is -0.669. The Kier molecular flexibility index (Phi) is 4.61. The third-order valence-electron chi connectivity index (χ3n) is 2.16. The van der Waals surface area contributed by atoms with E-state index in [4.69, 9.17) is 4.74 Å². The zero-order valence-electron chi connectivity index (χ0n) is 10.5. The van der Waals surface area contributed by atoms with Crippen LogP contribution in [0, 0.1) is 0 Å². The van der Waals surface area contributed by atoms with Crippen LogP contribution in [0.5, 0.6) is 5.75 Å². The van der Waals surface area contributed by atoms with Crippen LogP contribution >= 0.6 is 11.5 Å². The van der Waals surface area contributed by atoms with Gasteiger partial charge in [-0.1, -0.05) is 18.2 Å². The molecule has 0 spiro atoms. The minimum absolute atomic E-state index is 0.0393. The summed E-state index contributed by atoms with van der Waals surface area (Å²) in [6.45, 7) is 0. The summed E-state index contributed by atoms with van der Waals surface area (Å²) in [4.78, 5) is 26.6. The Bertz CT molecular complexity index is 600. The van der Waals surface area contributed by atoms with Crippen molar-refractivity contribution in [2.45, 2.75) is 6.42 Å². The molecule has 0 aliphatic carbocycles. The lowest BCUT2D eigenvalue weighted by atomic mass is 10.3. The van der Waals surface area contributed by atoms with E-state index in [1.807, 2.05) is 6.07 Å². The summed E-state index contributed by atoms with van der Waals surface area (Å²) in [6, 6.07) is 8.63. The second-order valence-electron chi connectivity index (χ2n) is 3.60. The van der Waals surface area contributed by atoms with Gasteiger partial charge in [0, 0.05) is 11.5 Å². The van der Waals surface area contributed by atoms with E-state index in [-0.39, 0.29) is 17.4 Å². The quantitative estimate of drug-likeness (QED) is 0.865. The van der Waals surface area contributed by atoms with Gasteiger partial charge in [-0.2, -0.15) is 4.37 Å². The second kappa shape index (κ2) is 6.62. The van der Waals surface area contributed by atoms with Crippen LogP contribution in [0.15, 0.2) is 30.3 Å². The van der Waals surface area contributed by atoms with Crippen LogP contribution < -0.4 is 10.1 Å². The highest BCUT2D eigenvalue weighted by molar-refractivity contribution is 7.09. The molecule has 1 heterocycles. The molecule has 0 fully saturated rings. The molecule has 7 nitrogen and oxygen atoms in total. The summed E-state index contributed by atoms with van der Waals surface area (Å²) in [5.74, 6) is 0.266. The predicted octanol–water partition coefficient (Wildman–Crippen LogP) is 1.86. The number of aromatic nitrogens is 2. The van der Waals surface area contributed by atoms with Crippen molar-refractivity contribution in [3.63, 3.8) is 0 Å². The Labute approximate surface area is 118 Å². The molecule has 1 aromatic carbocycles. The largest absolute Gasteiger partial charge is 0.469 e. The molecule has 0 aliphatic rings. The van der Waals surface area contributed by atoms with Crippen molar-refractivity contribution >= 4 is 28.7 Å². The summed E-state index contributed by atoms with van der Waals surface area (Å²) in [5.41, 5.74) is 0. The Morgan fingerprint density at radius 1 is 1.30 bits per heavy atom. The first-order chi connectivity index (χ1) is 9.67. The van der Waals surface area contributed by atoms with Crippen molar-refractivity contribution in [3.05, 3.63) is 36.2 Å². The van der Waals surface area contributed by atoms with Gasteiger partial charge in [-0.25, -0.2) is 9.78 Å². The van der Waals surface area contributed by atoms with Crippen LogP contribution in [0.2, 0.25) is 0 Å². The van der Waals surface area contributed by atoms with Gasteiger partial charge in [-0.15, -0.1) is 0 Å². The highest BCUT2D eigenvalue weighted by atomic mass is 32.1. The number of hydrogen-bond donors (Lipinski definition) is 1. The molecule has 1 aromatic heterocycles. The highest BCUT2D eigenvalue weighted by Crippen LogP contribution is 2.14. The zero-order chi connectivity index (χ0) is 14.4. The molecule has 104 valence electrons. The first-order valence-electron chi connectivity index (χ1n) is 5.60. The number of amides is 1. The predicted molar refractivity (Wildman–Crippen MR) is 71.7 cm³/mol. The Hall–Kier alpha value is -2.48. The van der Waals surface area contributed by atoms with Crippen LogP contribution in [0.1, 0.15) is 5.82 Å². The molecule has 2 rings (SSSR count). The van der Waals surface area contributed by atoms with Gasteiger partial charge >= 0.3 is 12.1 Å². The molecule has 0 aliphatic heterocycles. The molecule has 1 N–H and O–H groups in total. The van der Waals surface area contributed by atoms with E-state index in [0.717, 1.165) is 11.5 Å². The molecule has 1 amide bonds. The van der Waals surface area contributed by atoms with Crippen LogP contribution in [-0.4, -0.2) is 28.5 Å². The number of methoxy groups -OCH3 is 1. The lowest BCUT2D eigenvalue weighted by Crippen LogP contribution is -2.16. The lowest BCUT2D eigenvalue weighted by molar-refractivity contribution is -0.139. The molecule has 0 atom stereocenters. The molecule has 2 aromatic rings. The standard InChI is InChI=1S/C12H11N3O4S/c1-18-10(16)7-9-13-11(20-15-9)14-12(17)19-8-5-3-2-4-6-8/h2-6H,7H2,1H3,(H,13,14,15,17). The number of carbonyl (C=O) groups excluding carboxylic acids is 2. The SMILES string of the molecule is COC(=O)Cc1nsc(NC(=O)Oc2ccccc2)n1. The van der Waals surface area contributed by atoms with E-state index in [1.165, 1.54) is 7.11 Å². The fourth-order valence-corrected chi connectivity index (χ4v) is 1.86. The molecule has 0 unspecified atom stereocenters. The fraction of sp³-hybridized carbons (Fsp3) is 0.167. The smallest absolute Gasteiger partial charge is 0.418 e. The van der Waals surface area contributed by atoms with E-state index in [0.29, 0.717) is 5.75 Å².